The molecule has 5 nitrogen and oxygen atoms in total. The van der Waals surface area contributed by atoms with Gasteiger partial charge in [-0.15, -0.1) is 0 Å². The van der Waals surface area contributed by atoms with Gasteiger partial charge in [0.25, 0.3) is 0 Å². The summed E-state index contributed by atoms with van der Waals surface area (Å²) in [6.07, 6.45) is 4.27. The van der Waals surface area contributed by atoms with Crippen LogP contribution >= 0.6 is 15.9 Å². The Morgan fingerprint density at radius 3 is 3.29 bits per heavy atom. The van der Waals surface area contributed by atoms with E-state index in [1.807, 2.05) is 0 Å². The minimum atomic E-state index is 0.0845. The molecule has 0 amide bonds. The van der Waals surface area contributed by atoms with Crippen LogP contribution in [0.25, 0.3) is 0 Å². The number of carbonyl (C=O) groups excluding carboxylic acids is 1. The zero-order valence-corrected chi connectivity index (χ0v) is 11.2. The molecule has 1 aromatic rings. The number of rotatable bonds is 4. The molecule has 1 aromatic heterocycles. The van der Waals surface area contributed by atoms with Crippen molar-refractivity contribution in [3.8, 4) is 0 Å². The highest BCUT2D eigenvalue weighted by atomic mass is 79.9. The van der Waals surface area contributed by atoms with Crippen molar-refractivity contribution in [2.75, 3.05) is 20.3 Å². The second kappa shape index (κ2) is 5.75. The summed E-state index contributed by atoms with van der Waals surface area (Å²) < 4.78 is 13.2. The van der Waals surface area contributed by atoms with E-state index in [1.54, 1.807) is 18.0 Å². The van der Waals surface area contributed by atoms with Crippen molar-refractivity contribution >= 4 is 22.2 Å². The van der Waals surface area contributed by atoms with Gasteiger partial charge in [0.1, 0.15) is 5.69 Å². The molecule has 1 aliphatic rings. The summed E-state index contributed by atoms with van der Waals surface area (Å²) in [6.45, 7) is 1.25. The molecule has 0 aromatic carbocycles. The van der Waals surface area contributed by atoms with Gasteiger partial charge in [-0.2, -0.15) is 5.10 Å². The first kappa shape index (κ1) is 12.7. The van der Waals surface area contributed by atoms with Gasteiger partial charge in [-0.05, 0) is 28.8 Å². The molecule has 1 aliphatic heterocycles. The molecule has 2 unspecified atom stereocenters. The van der Waals surface area contributed by atoms with Gasteiger partial charge in [0.15, 0.2) is 6.29 Å². The van der Waals surface area contributed by atoms with Crippen LogP contribution in [0.15, 0.2) is 10.7 Å². The number of aldehydes is 1. The van der Waals surface area contributed by atoms with Gasteiger partial charge in [-0.25, -0.2) is 0 Å². The van der Waals surface area contributed by atoms with Crippen molar-refractivity contribution in [3.63, 3.8) is 0 Å². The number of hydrogen-bond acceptors (Lipinski definition) is 4. The van der Waals surface area contributed by atoms with E-state index in [2.05, 4.69) is 21.0 Å². The first-order valence-electron chi connectivity index (χ1n) is 5.55. The van der Waals surface area contributed by atoms with Crippen molar-refractivity contribution in [1.82, 2.24) is 9.78 Å². The predicted octanol–water partition coefficient (Wildman–Crippen LogP) is 1.82. The normalized spacial score (nSPS) is 24.8. The third kappa shape index (κ3) is 2.75. The van der Waals surface area contributed by atoms with E-state index in [0.717, 1.165) is 23.6 Å². The summed E-state index contributed by atoms with van der Waals surface area (Å²) in [4.78, 5) is 11.0. The van der Waals surface area contributed by atoms with Crippen LogP contribution in [0.5, 0.6) is 0 Å². The fourth-order valence-corrected chi connectivity index (χ4v) is 2.50. The molecule has 0 aliphatic carbocycles. The van der Waals surface area contributed by atoms with Crippen molar-refractivity contribution in [2.24, 2.45) is 0 Å². The molecule has 1 fully saturated rings. The van der Waals surface area contributed by atoms with E-state index >= 15 is 0 Å². The van der Waals surface area contributed by atoms with Gasteiger partial charge in [0.2, 0.25) is 0 Å². The van der Waals surface area contributed by atoms with Crippen LogP contribution in [0.1, 0.15) is 29.4 Å². The van der Waals surface area contributed by atoms with Crippen molar-refractivity contribution < 1.29 is 14.3 Å². The second-order valence-corrected chi connectivity index (χ2v) is 4.92. The standard InChI is InChI=1S/C11H15BrN2O3/c1-16-7-9-4-8(2-3-17-9)14-11(6-15)10(12)5-13-14/h5-6,8-9H,2-4,7H2,1H3. The molecule has 6 heteroatoms. The summed E-state index contributed by atoms with van der Waals surface area (Å²) >= 11 is 3.32. The number of ether oxygens (including phenoxy) is 2. The van der Waals surface area contributed by atoms with Gasteiger partial charge in [0, 0.05) is 13.7 Å². The van der Waals surface area contributed by atoms with Crippen LogP contribution < -0.4 is 0 Å². The number of aromatic nitrogens is 2. The summed E-state index contributed by atoms with van der Waals surface area (Å²) in [5.41, 5.74) is 0.591. The summed E-state index contributed by atoms with van der Waals surface area (Å²) in [5, 5.41) is 4.25. The Kier molecular flexibility index (Phi) is 4.31. The molecule has 0 saturated carbocycles. The van der Waals surface area contributed by atoms with Crippen LogP contribution in [0, 0.1) is 0 Å². The molecule has 94 valence electrons. The molecular weight excluding hydrogens is 288 g/mol. The fourth-order valence-electron chi connectivity index (χ4n) is 2.14. The average molecular weight is 303 g/mol. The van der Waals surface area contributed by atoms with Crippen molar-refractivity contribution in [2.45, 2.75) is 25.0 Å². The lowest BCUT2D eigenvalue weighted by Gasteiger charge is -2.29. The quantitative estimate of drug-likeness (QED) is 0.796. The molecule has 0 bridgehead atoms. The summed E-state index contributed by atoms with van der Waals surface area (Å²) in [6, 6.07) is 0.204. The zero-order valence-electron chi connectivity index (χ0n) is 9.63. The zero-order chi connectivity index (χ0) is 12.3. The molecule has 0 N–H and O–H groups in total. The topological polar surface area (TPSA) is 53.4 Å². The van der Waals surface area contributed by atoms with Crippen molar-refractivity contribution in [1.29, 1.82) is 0 Å². The van der Waals surface area contributed by atoms with Gasteiger partial charge >= 0.3 is 0 Å². The van der Waals surface area contributed by atoms with Crippen LogP contribution in [0.4, 0.5) is 0 Å². The minimum Gasteiger partial charge on any atom is -0.382 e. The highest BCUT2D eigenvalue weighted by molar-refractivity contribution is 9.10. The highest BCUT2D eigenvalue weighted by Gasteiger charge is 2.26. The van der Waals surface area contributed by atoms with Crippen LogP contribution in [0.2, 0.25) is 0 Å². The Bertz CT molecular complexity index is 392. The monoisotopic (exact) mass is 302 g/mol. The van der Waals surface area contributed by atoms with Crippen molar-refractivity contribution in [3.05, 3.63) is 16.4 Å². The number of halogens is 1. The van der Waals surface area contributed by atoms with E-state index in [9.17, 15) is 4.79 Å². The van der Waals surface area contributed by atoms with Crippen LogP contribution in [-0.4, -0.2) is 42.5 Å². The van der Waals surface area contributed by atoms with Gasteiger partial charge in [-0.3, -0.25) is 9.48 Å². The first-order chi connectivity index (χ1) is 8.26. The lowest BCUT2D eigenvalue weighted by molar-refractivity contribution is -0.0465. The van der Waals surface area contributed by atoms with Crippen LogP contribution in [-0.2, 0) is 9.47 Å². The Morgan fingerprint density at radius 1 is 1.76 bits per heavy atom. The Labute approximate surface area is 108 Å². The maximum absolute atomic E-state index is 11.0. The summed E-state index contributed by atoms with van der Waals surface area (Å²) in [5.74, 6) is 0. The second-order valence-electron chi connectivity index (χ2n) is 4.07. The first-order valence-corrected chi connectivity index (χ1v) is 6.34. The molecule has 1 saturated heterocycles. The highest BCUT2D eigenvalue weighted by Crippen LogP contribution is 2.27. The molecule has 2 atom stereocenters. The van der Waals surface area contributed by atoms with Gasteiger partial charge in [0.05, 0.1) is 29.4 Å². The van der Waals surface area contributed by atoms with E-state index in [0.29, 0.717) is 18.9 Å². The van der Waals surface area contributed by atoms with Gasteiger partial charge < -0.3 is 9.47 Å². The van der Waals surface area contributed by atoms with Crippen LogP contribution in [0.3, 0.4) is 0 Å². The third-order valence-electron chi connectivity index (χ3n) is 2.94. The lowest BCUT2D eigenvalue weighted by atomic mass is 10.0. The Hall–Kier alpha value is -0.720. The maximum atomic E-state index is 11.0. The number of methoxy groups -OCH3 is 1. The van der Waals surface area contributed by atoms with E-state index in [1.165, 1.54) is 0 Å². The molecule has 2 rings (SSSR count). The third-order valence-corrected chi connectivity index (χ3v) is 3.55. The number of nitrogens with zero attached hydrogens (tertiary/aromatic N) is 2. The molecule has 17 heavy (non-hydrogen) atoms. The fraction of sp³-hybridized carbons (Fsp3) is 0.636. The number of hydrogen-bond donors (Lipinski definition) is 0. The van der Waals surface area contributed by atoms with E-state index < -0.39 is 0 Å². The average Bonchev–Trinajstić information content (AvgIpc) is 2.71. The minimum absolute atomic E-state index is 0.0845. The largest absolute Gasteiger partial charge is 0.382 e. The smallest absolute Gasteiger partial charge is 0.169 e. The molecular formula is C11H15BrN2O3. The summed E-state index contributed by atoms with van der Waals surface area (Å²) in [7, 11) is 1.66. The molecule has 2 heterocycles. The van der Waals surface area contributed by atoms with E-state index in [4.69, 9.17) is 9.47 Å². The maximum Gasteiger partial charge on any atom is 0.169 e. The lowest BCUT2D eigenvalue weighted by Crippen LogP contribution is -2.31. The van der Waals surface area contributed by atoms with E-state index in [-0.39, 0.29) is 12.1 Å². The Morgan fingerprint density at radius 2 is 2.59 bits per heavy atom. The SMILES string of the molecule is COCC1CC(n2ncc(Br)c2C=O)CCO1. The molecule has 0 spiro atoms. The van der Waals surface area contributed by atoms with Gasteiger partial charge in [-0.1, -0.05) is 0 Å². The number of carbonyl (C=O) groups is 1. The molecule has 0 radical (unpaired) electrons. The Balaban J connectivity index is 2.13. The predicted molar refractivity (Wildman–Crippen MR) is 65.2 cm³/mol.